The maximum atomic E-state index is 10.4. The molecule has 5 heteroatoms. The summed E-state index contributed by atoms with van der Waals surface area (Å²) in [5.41, 5.74) is 2.20. The van der Waals surface area contributed by atoms with E-state index >= 15 is 0 Å². The van der Waals surface area contributed by atoms with Crippen LogP contribution < -0.4 is 0 Å². The summed E-state index contributed by atoms with van der Waals surface area (Å²) < 4.78 is 1.03. The number of hydrogen-bond acceptors (Lipinski definition) is 2. The number of aliphatic carboxylic acids is 1. The minimum absolute atomic E-state index is 0.140. The van der Waals surface area contributed by atoms with Gasteiger partial charge in [-0.1, -0.05) is 12.1 Å². The van der Waals surface area contributed by atoms with Crippen molar-refractivity contribution in [1.82, 2.24) is 4.98 Å². The summed E-state index contributed by atoms with van der Waals surface area (Å²) in [5, 5.41) is 9.71. The lowest BCUT2D eigenvalue weighted by molar-refractivity contribution is -0.133. The number of halogens is 1. The Bertz CT molecular complexity index is 524. The fourth-order valence-corrected chi connectivity index (χ4v) is 2.76. The first-order chi connectivity index (χ1) is 7.68. The number of carboxylic acid groups (broad SMARTS) is 1. The number of aromatic amines is 1. The number of rotatable bonds is 4. The Kier molecular flexibility index (Phi) is 3.56. The zero-order valence-electron chi connectivity index (χ0n) is 8.37. The number of carboxylic acids is 1. The van der Waals surface area contributed by atoms with Crippen molar-refractivity contribution in [2.24, 2.45) is 0 Å². The first-order valence-electron chi connectivity index (χ1n) is 4.72. The lowest BCUT2D eigenvalue weighted by Gasteiger charge is -1.98. The van der Waals surface area contributed by atoms with Crippen molar-refractivity contribution in [3.63, 3.8) is 0 Å². The molecule has 1 heterocycles. The van der Waals surface area contributed by atoms with Crippen molar-refractivity contribution in [1.29, 1.82) is 0 Å². The lowest BCUT2D eigenvalue weighted by Crippen LogP contribution is -1.97. The van der Waals surface area contributed by atoms with E-state index in [-0.39, 0.29) is 5.75 Å². The second-order valence-electron chi connectivity index (χ2n) is 3.36. The quantitative estimate of drug-likeness (QED) is 0.911. The molecule has 0 spiro atoms. The van der Waals surface area contributed by atoms with E-state index in [4.69, 9.17) is 5.11 Å². The van der Waals surface area contributed by atoms with E-state index in [2.05, 4.69) is 20.9 Å². The van der Waals surface area contributed by atoms with Crippen LogP contribution in [0.1, 0.15) is 5.56 Å². The molecule has 16 heavy (non-hydrogen) atoms. The number of aromatic nitrogens is 1. The number of carbonyl (C=O) groups is 1. The Morgan fingerprint density at radius 3 is 3.06 bits per heavy atom. The Labute approximate surface area is 105 Å². The molecular formula is C11H10BrNO2S. The van der Waals surface area contributed by atoms with Crippen molar-refractivity contribution >= 4 is 44.6 Å². The van der Waals surface area contributed by atoms with Crippen molar-refractivity contribution in [2.45, 2.75) is 5.75 Å². The average Bonchev–Trinajstić information content (AvgIpc) is 2.63. The molecule has 0 fully saturated rings. The summed E-state index contributed by atoms with van der Waals surface area (Å²) in [6.07, 6.45) is 1.93. The van der Waals surface area contributed by atoms with Gasteiger partial charge in [0.05, 0.1) is 11.3 Å². The molecule has 0 bridgehead atoms. The van der Waals surface area contributed by atoms with Crippen LogP contribution in [0.25, 0.3) is 10.9 Å². The van der Waals surface area contributed by atoms with Gasteiger partial charge >= 0.3 is 5.97 Å². The van der Waals surface area contributed by atoms with Gasteiger partial charge in [-0.25, -0.2) is 0 Å². The number of fused-ring (bicyclic) bond motifs is 1. The van der Waals surface area contributed by atoms with Crippen molar-refractivity contribution in [3.8, 4) is 0 Å². The summed E-state index contributed by atoms with van der Waals surface area (Å²) >= 11 is 4.87. The minimum atomic E-state index is -0.772. The molecule has 1 aromatic heterocycles. The Hall–Kier alpha value is -0.940. The average molecular weight is 300 g/mol. The van der Waals surface area contributed by atoms with Crippen LogP contribution in [0, 0.1) is 0 Å². The molecule has 0 aliphatic carbocycles. The van der Waals surface area contributed by atoms with Crippen LogP contribution in [-0.2, 0) is 10.5 Å². The maximum Gasteiger partial charge on any atom is 0.313 e. The molecule has 1 aromatic carbocycles. The Balaban J connectivity index is 2.19. The SMILES string of the molecule is O=C(O)CSCc1c[nH]c2c(Br)cccc12. The topological polar surface area (TPSA) is 53.1 Å². The molecule has 0 radical (unpaired) electrons. The zero-order valence-corrected chi connectivity index (χ0v) is 10.8. The highest BCUT2D eigenvalue weighted by molar-refractivity contribution is 9.10. The molecule has 0 unspecified atom stereocenters. The maximum absolute atomic E-state index is 10.4. The summed E-state index contributed by atoms with van der Waals surface area (Å²) in [4.78, 5) is 13.6. The van der Waals surface area contributed by atoms with Crippen LogP contribution in [0.3, 0.4) is 0 Å². The van der Waals surface area contributed by atoms with Crippen molar-refractivity contribution < 1.29 is 9.90 Å². The summed E-state index contributed by atoms with van der Waals surface area (Å²) in [5.74, 6) is 0.0784. The van der Waals surface area contributed by atoms with Crippen LogP contribution in [0.4, 0.5) is 0 Å². The fourth-order valence-electron chi connectivity index (χ4n) is 1.54. The molecule has 84 valence electrons. The molecule has 0 saturated carbocycles. The van der Waals surface area contributed by atoms with Crippen LogP contribution in [0.2, 0.25) is 0 Å². The third kappa shape index (κ3) is 2.41. The summed E-state index contributed by atoms with van der Waals surface area (Å²) in [7, 11) is 0. The van der Waals surface area contributed by atoms with Gasteiger partial charge in [0.2, 0.25) is 0 Å². The Morgan fingerprint density at radius 1 is 1.50 bits per heavy atom. The van der Waals surface area contributed by atoms with E-state index in [1.165, 1.54) is 11.8 Å². The molecular weight excluding hydrogens is 290 g/mol. The molecule has 0 amide bonds. The number of para-hydroxylation sites is 1. The first kappa shape index (κ1) is 11.5. The highest BCUT2D eigenvalue weighted by atomic mass is 79.9. The van der Waals surface area contributed by atoms with E-state index in [0.29, 0.717) is 5.75 Å². The van der Waals surface area contributed by atoms with Crippen LogP contribution >= 0.6 is 27.7 Å². The zero-order chi connectivity index (χ0) is 11.5. The first-order valence-corrected chi connectivity index (χ1v) is 6.67. The van der Waals surface area contributed by atoms with Crippen LogP contribution in [0.5, 0.6) is 0 Å². The molecule has 0 aliphatic heterocycles. The van der Waals surface area contributed by atoms with E-state index in [0.717, 1.165) is 20.9 Å². The van der Waals surface area contributed by atoms with E-state index < -0.39 is 5.97 Å². The standard InChI is InChI=1S/C11H10BrNO2S/c12-9-3-1-2-8-7(4-13-11(8)9)5-16-6-10(14)15/h1-4,13H,5-6H2,(H,14,15). The van der Waals surface area contributed by atoms with Crippen LogP contribution in [-0.4, -0.2) is 21.8 Å². The van der Waals surface area contributed by atoms with Gasteiger partial charge in [0.1, 0.15) is 0 Å². The van der Waals surface area contributed by atoms with E-state index in [1.807, 2.05) is 24.4 Å². The molecule has 2 N–H and O–H groups in total. The predicted molar refractivity (Wildman–Crippen MR) is 69.8 cm³/mol. The summed E-state index contributed by atoms with van der Waals surface area (Å²) in [6, 6.07) is 5.99. The second kappa shape index (κ2) is 4.93. The van der Waals surface area contributed by atoms with Crippen molar-refractivity contribution in [3.05, 3.63) is 34.4 Å². The fraction of sp³-hybridized carbons (Fsp3) is 0.182. The number of hydrogen-bond donors (Lipinski definition) is 2. The number of thioether (sulfide) groups is 1. The highest BCUT2D eigenvalue weighted by Gasteiger charge is 2.06. The van der Waals surface area contributed by atoms with Gasteiger partial charge in [-0.05, 0) is 27.6 Å². The molecule has 2 aromatic rings. The number of H-pyrrole nitrogens is 1. The highest BCUT2D eigenvalue weighted by Crippen LogP contribution is 2.27. The largest absolute Gasteiger partial charge is 0.481 e. The van der Waals surface area contributed by atoms with Crippen molar-refractivity contribution in [2.75, 3.05) is 5.75 Å². The van der Waals surface area contributed by atoms with Gasteiger partial charge in [-0.15, -0.1) is 11.8 Å². The number of nitrogens with one attached hydrogen (secondary N) is 1. The van der Waals surface area contributed by atoms with E-state index in [1.54, 1.807) is 0 Å². The minimum Gasteiger partial charge on any atom is -0.481 e. The Morgan fingerprint density at radius 2 is 2.31 bits per heavy atom. The summed E-state index contributed by atoms with van der Waals surface area (Å²) in [6.45, 7) is 0. The van der Waals surface area contributed by atoms with Gasteiger partial charge < -0.3 is 10.1 Å². The van der Waals surface area contributed by atoms with E-state index in [9.17, 15) is 4.79 Å². The third-order valence-corrected chi connectivity index (χ3v) is 3.86. The smallest absolute Gasteiger partial charge is 0.313 e. The molecule has 0 atom stereocenters. The van der Waals surface area contributed by atoms with Gasteiger partial charge in [0, 0.05) is 21.8 Å². The molecule has 0 aliphatic rings. The van der Waals surface area contributed by atoms with Gasteiger partial charge in [0.25, 0.3) is 0 Å². The van der Waals surface area contributed by atoms with Gasteiger partial charge in [0.15, 0.2) is 0 Å². The van der Waals surface area contributed by atoms with Gasteiger partial charge in [-0.2, -0.15) is 0 Å². The lowest BCUT2D eigenvalue weighted by atomic mass is 10.2. The second-order valence-corrected chi connectivity index (χ2v) is 5.20. The molecule has 3 nitrogen and oxygen atoms in total. The normalized spacial score (nSPS) is 10.8. The molecule has 0 saturated heterocycles. The monoisotopic (exact) mass is 299 g/mol. The third-order valence-electron chi connectivity index (χ3n) is 2.23. The molecule has 2 rings (SSSR count). The number of benzene rings is 1. The van der Waals surface area contributed by atoms with Gasteiger partial charge in [-0.3, -0.25) is 4.79 Å². The van der Waals surface area contributed by atoms with Crippen LogP contribution in [0.15, 0.2) is 28.9 Å². The predicted octanol–water partition coefficient (Wildman–Crippen LogP) is 3.25.